The Kier molecular flexibility index (Phi) is 4.28. The minimum Gasteiger partial charge on any atom is -0.468 e. The van der Waals surface area contributed by atoms with Gasteiger partial charge in [-0.25, -0.2) is 0 Å². The molecule has 1 saturated carbocycles. The fourth-order valence-electron chi connectivity index (χ4n) is 3.63. The molecule has 1 aliphatic carbocycles. The van der Waals surface area contributed by atoms with E-state index in [1.807, 2.05) is 14.0 Å². The number of fused-ring (bicyclic) bond motifs is 1. The van der Waals surface area contributed by atoms with Crippen LogP contribution in [0.4, 0.5) is 0 Å². The van der Waals surface area contributed by atoms with Crippen molar-refractivity contribution in [3.63, 3.8) is 0 Å². The first-order chi connectivity index (χ1) is 8.60. The Balaban J connectivity index is 2.04. The minimum atomic E-state index is -0.584. The van der Waals surface area contributed by atoms with Crippen molar-refractivity contribution >= 4 is 5.97 Å². The van der Waals surface area contributed by atoms with Gasteiger partial charge in [-0.15, -0.1) is 0 Å². The highest BCUT2D eigenvalue weighted by atomic mass is 16.5. The van der Waals surface area contributed by atoms with E-state index in [-0.39, 0.29) is 5.97 Å². The molecule has 2 fully saturated rings. The summed E-state index contributed by atoms with van der Waals surface area (Å²) in [4.78, 5) is 14.4. The van der Waals surface area contributed by atoms with Crippen molar-refractivity contribution < 1.29 is 9.53 Å². The van der Waals surface area contributed by atoms with E-state index in [9.17, 15) is 4.79 Å². The maximum Gasteiger partial charge on any atom is 0.327 e. The van der Waals surface area contributed by atoms with Crippen molar-refractivity contribution in [1.82, 2.24) is 10.2 Å². The summed E-state index contributed by atoms with van der Waals surface area (Å²) in [6.07, 6.45) is 6.65. The summed E-state index contributed by atoms with van der Waals surface area (Å²) in [5.41, 5.74) is -0.584. The van der Waals surface area contributed by atoms with Gasteiger partial charge >= 0.3 is 5.97 Å². The Morgan fingerprint density at radius 1 is 1.39 bits per heavy atom. The molecule has 0 aromatic rings. The zero-order valence-electron chi connectivity index (χ0n) is 11.9. The van der Waals surface area contributed by atoms with E-state index >= 15 is 0 Å². The van der Waals surface area contributed by atoms with Gasteiger partial charge in [0.25, 0.3) is 0 Å². The number of piperidine rings is 1. The number of hydrogen-bond acceptors (Lipinski definition) is 4. The topological polar surface area (TPSA) is 41.6 Å². The Bertz CT molecular complexity index is 308. The van der Waals surface area contributed by atoms with Crippen LogP contribution < -0.4 is 5.32 Å². The molecular weight excluding hydrogens is 228 g/mol. The molecule has 4 heteroatoms. The van der Waals surface area contributed by atoms with Gasteiger partial charge in [0.2, 0.25) is 0 Å². The molecule has 104 valence electrons. The first-order valence-electron chi connectivity index (χ1n) is 7.12. The summed E-state index contributed by atoms with van der Waals surface area (Å²) >= 11 is 0. The molecule has 1 heterocycles. The van der Waals surface area contributed by atoms with Gasteiger partial charge in [-0.05, 0) is 52.1 Å². The largest absolute Gasteiger partial charge is 0.468 e. The van der Waals surface area contributed by atoms with Crippen LogP contribution in [0.25, 0.3) is 0 Å². The fourth-order valence-corrected chi connectivity index (χ4v) is 3.63. The van der Waals surface area contributed by atoms with Crippen molar-refractivity contribution in [2.75, 3.05) is 27.2 Å². The summed E-state index contributed by atoms with van der Waals surface area (Å²) in [6, 6.07) is 0.691. The molecule has 0 aromatic carbocycles. The van der Waals surface area contributed by atoms with E-state index < -0.39 is 5.54 Å². The van der Waals surface area contributed by atoms with E-state index in [0.29, 0.717) is 6.04 Å². The van der Waals surface area contributed by atoms with Crippen LogP contribution in [0.5, 0.6) is 0 Å². The number of likely N-dealkylation sites (N-methyl/N-ethyl adjacent to an activating group) is 1. The van der Waals surface area contributed by atoms with E-state index in [1.54, 1.807) is 0 Å². The second-order valence-corrected chi connectivity index (χ2v) is 5.94. The molecule has 1 aliphatic heterocycles. The number of rotatable bonds is 4. The zero-order chi connectivity index (χ0) is 13.2. The van der Waals surface area contributed by atoms with Gasteiger partial charge in [-0.1, -0.05) is 6.42 Å². The lowest BCUT2D eigenvalue weighted by Gasteiger charge is -2.42. The van der Waals surface area contributed by atoms with Gasteiger partial charge in [0.05, 0.1) is 7.11 Å². The Morgan fingerprint density at radius 2 is 2.11 bits per heavy atom. The number of ether oxygens (including phenoxy) is 1. The SMILES string of the molecule is CNC(C)(CN1CCCC2CCCC21)C(=O)OC. The minimum absolute atomic E-state index is 0.162. The van der Waals surface area contributed by atoms with Crippen LogP contribution in [0, 0.1) is 5.92 Å². The number of nitrogens with zero attached hydrogens (tertiary/aromatic N) is 1. The molecule has 0 radical (unpaired) electrons. The zero-order valence-corrected chi connectivity index (χ0v) is 11.9. The maximum absolute atomic E-state index is 11.9. The van der Waals surface area contributed by atoms with Crippen LogP contribution in [-0.2, 0) is 9.53 Å². The van der Waals surface area contributed by atoms with Crippen molar-refractivity contribution in [3.8, 4) is 0 Å². The fraction of sp³-hybridized carbons (Fsp3) is 0.929. The molecule has 4 nitrogen and oxygen atoms in total. The van der Waals surface area contributed by atoms with Gasteiger partial charge in [0.15, 0.2) is 0 Å². The van der Waals surface area contributed by atoms with Crippen LogP contribution in [0.2, 0.25) is 0 Å². The molecule has 2 rings (SSSR count). The second-order valence-electron chi connectivity index (χ2n) is 5.94. The molecule has 0 spiro atoms. The van der Waals surface area contributed by atoms with E-state index in [1.165, 1.54) is 39.2 Å². The van der Waals surface area contributed by atoms with Crippen LogP contribution in [0.3, 0.4) is 0 Å². The number of methoxy groups -OCH3 is 1. The van der Waals surface area contributed by atoms with E-state index in [0.717, 1.165) is 19.0 Å². The molecule has 0 amide bonds. The van der Waals surface area contributed by atoms with Crippen molar-refractivity contribution in [1.29, 1.82) is 0 Å². The average Bonchev–Trinajstić information content (AvgIpc) is 2.87. The smallest absolute Gasteiger partial charge is 0.327 e. The van der Waals surface area contributed by atoms with E-state index in [2.05, 4.69) is 10.2 Å². The van der Waals surface area contributed by atoms with Crippen LogP contribution in [0.1, 0.15) is 39.0 Å². The number of esters is 1. The summed E-state index contributed by atoms with van der Waals surface area (Å²) in [6.45, 7) is 3.82. The molecule has 0 aromatic heterocycles. The Labute approximate surface area is 110 Å². The monoisotopic (exact) mass is 254 g/mol. The third-order valence-electron chi connectivity index (χ3n) is 4.82. The lowest BCUT2D eigenvalue weighted by Crippen LogP contribution is -2.59. The first-order valence-corrected chi connectivity index (χ1v) is 7.12. The van der Waals surface area contributed by atoms with Crippen LogP contribution >= 0.6 is 0 Å². The summed E-state index contributed by atoms with van der Waals surface area (Å²) in [5, 5.41) is 3.14. The number of hydrogen-bond donors (Lipinski definition) is 1. The molecule has 0 bridgehead atoms. The molecule has 1 N–H and O–H groups in total. The molecule has 3 unspecified atom stereocenters. The first kappa shape index (κ1) is 13.8. The summed E-state index contributed by atoms with van der Waals surface area (Å²) in [5.74, 6) is 0.697. The predicted molar refractivity (Wildman–Crippen MR) is 71.4 cm³/mol. The molecule has 1 saturated heterocycles. The third kappa shape index (κ3) is 2.54. The maximum atomic E-state index is 11.9. The average molecular weight is 254 g/mol. The highest BCUT2D eigenvalue weighted by Gasteiger charge is 2.41. The van der Waals surface area contributed by atoms with Crippen LogP contribution in [0.15, 0.2) is 0 Å². The lowest BCUT2D eigenvalue weighted by molar-refractivity contribution is -0.149. The molecule has 2 aliphatic rings. The second kappa shape index (κ2) is 5.57. The van der Waals surface area contributed by atoms with Crippen molar-refractivity contribution in [2.45, 2.75) is 50.6 Å². The van der Waals surface area contributed by atoms with Crippen LogP contribution in [-0.4, -0.2) is 49.7 Å². The van der Waals surface area contributed by atoms with Gasteiger partial charge < -0.3 is 10.1 Å². The normalized spacial score (nSPS) is 31.7. The number of nitrogens with one attached hydrogen (secondary N) is 1. The quantitative estimate of drug-likeness (QED) is 0.770. The third-order valence-corrected chi connectivity index (χ3v) is 4.82. The standard InChI is InChI=1S/C14H26N2O2/c1-14(15-2,13(17)18-3)10-16-9-5-7-11-6-4-8-12(11)16/h11-12,15H,4-10H2,1-3H3. The van der Waals surface area contributed by atoms with Gasteiger partial charge in [0, 0.05) is 12.6 Å². The number of carbonyl (C=O) groups is 1. The van der Waals surface area contributed by atoms with E-state index in [4.69, 9.17) is 4.74 Å². The van der Waals surface area contributed by atoms with Gasteiger partial charge in [-0.3, -0.25) is 9.69 Å². The number of carbonyl (C=O) groups excluding carboxylic acids is 1. The highest BCUT2D eigenvalue weighted by Crippen LogP contribution is 2.37. The van der Waals surface area contributed by atoms with Crippen molar-refractivity contribution in [2.24, 2.45) is 5.92 Å². The van der Waals surface area contributed by atoms with Gasteiger partial charge in [-0.2, -0.15) is 0 Å². The van der Waals surface area contributed by atoms with Gasteiger partial charge in [0.1, 0.15) is 5.54 Å². The molecule has 3 atom stereocenters. The number of likely N-dealkylation sites (tertiary alicyclic amines) is 1. The Hall–Kier alpha value is -0.610. The summed E-state index contributed by atoms with van der Waals surface area (Å²) in [7, 11) is 3.31. The highest BCUT2D eigenvalue weighted by molar-refractivity contribution is 5.80. The molecule has 18 heavy (non-hydrogen) atoms. The lowest BCUT2D eigenvalue weighted by atomic mass is 9.90. The van der Waals surface area contributed by atoms with Crippen molar-refractivity contribution in [3.05, 3.63) is 0 Å². The summed E-state index contributed by atoms with van der Waals surface area (Å²) < 4.78 is 4.93. The predicted octanol–water partition coefficient (Wildman–Crippen LogP) is 1.40. The Morgan fingerprint density at radius 3 is 2.78 bits per heavy atom. The molecular formula is C14H26N2O2.